The zero-order chi connectivity index (χ0) is 14.9. The maximum atomic E-state index is 9.05. The van der Waals surface area contributed by atoms with Gasteiger partial charge >= 0.3 is 0 Å². The molecular formula is C18H18N2. The summed E-state index contributed by atoms with van der Waals surface area (Å²) in [6.07, 6.45) is 0. The lowest BCUT2D eigenvalue weighted by Crippen LogP contribution is -2.01. The second-order valence-electron chi connectivity index (χ2n) is 5.05. The van der Waals surface area contributed by atoms with E-state index in [1.165, 1.54) is 11.4 Å². The second-order valence-corrected chi connectivity index (χ2v) is 5.05. The summed E-state index contributed by atoms with van der Waals surface area (Å²) < 4.78 is 2.19. The number of allylic oxidation sites excluding steroid dienone is 2. The van der Waals surface area contributed by atoms with Gasteiger partial charge in [0, 0.05) is 17.1 Å². The third-order valence-electron chi connectivity index (χ3n) is 3.45. The van der Waals surface area contributed by atoms with Gasteiger partial charge in [-0.25, -0.2) is 0 Å². The summed E-state index contributed by atoms with van der Waals surface area (Å²) in [5.41, 5.74) is 6.67. The molecule has 0 atom stereocenters. The molecule has 100 valence electrons. The van der Waals surface area contributed by atoms with Crippen LogP contribution in [0.3, 0.4) is 0 Å². The number of hydrogen-bond donors (Lipinski definition) is 0. The minimum absolute atomic E-state index is 0.468. The highest BCUT2D eigenvalue weighted by Gasteiger charge is 2.10. The number of rotatable bonds is 3. The minimum atomic E-state index is 0.468. The van der Waals surface area contributed by atoms with Crippen LogP contribution in [0, 0.1) is 25.2 Å². The summed E-state index contributed by atoms with van der Waals surface area (Å²) in [7, 11) is 0. The van der Waals surface area contributed by atoms with Gasteiger partial charge in [-0.15, -0.1) is 0 Å². The molecule has 0 unspecified atom stereocenters. The molecule has 1 aromatic heterocycles. The van der Waals surface area contributed by atoms with Gasteiger partial charge in [0.05, 0.1) is 11.6 Å². The summed E-state index contributed by atoms with van der Waals surface area (Å²) in [5.74, 6) is 0. The number of nitriles is 1. The molecule has 1 aromatic carbocycles. The minimum Gasteiger partial charge on any atom is -0.318 e. The maximum Gasteiger partial charge on any atom is 0.0991 e. The molecule has 0 amide bonds. The zero-order valence-electron chi connectivity index (χ0n) is 12.2. The fourth-order valence-electron chi connectivity index (χ4n) is 2.42. The van der Waals surface area contributed by atoms with Crippen molar-refractivity contribution in [3.63, 3.8) is 0 Å². The lowest BCUT2D eigenvalue weighted by atomic mass is 9.96. The van der Waals surface area contributed by atoms with E-state index in [0.717, 1.165) is 22.4 Å². The van der Waals surface area contributed by atoms with Crippen LogP contribution in [0.2, 0.25) is 0 Å². The number of hydrogen-bond acceptors (Lipinski definition) is 1. The molecule has 1 heterocycles. The predicted octanol–water partition coefficient (Wildman–Crippen LogP) is 4.66. The van der Waals surface area contributed by atoms with Crippen molar-refractivity contribution in [2.45, 2.75) is 20.8 Å². The van der Waals surface area contributed by atoms with Gasteiger partial charge in [0.1, 0.15) is 0 Å². The number of aromatic nitrogens is 1. The summed E-state index contributed by atoms with van der Waals surface area (Å²) in [4.78, 5) is 0. The molecule has 0 aliphatic rings. The Morgan fingerprint density at radius 1 is 1.05 bits per heavy atom. The van der Waals surface area contributed by atoms with Crippen molar-refractivity contribution in [2.24, 2.45) is 0 Å². The molecule has 2 rings (SSSR count). The summed E-state index contributed by atoms with van der Waals surface area (Å²) in [6.45, 7) is 13.9. The quantitative estimate of drug-likeness (QED) is 0.739. The highest BCUT2D eigenvalue weighted by molar-refractivity contribution is 5.84. The molecule has 0 aliphatic heterocycles. The molecule has 0 radical (unpaired) electrons. The lowest BCUT2D eigenvalue weighted by molar-refractivity contribution is 0.965. The van der Waals surface area contributed by atoms with Crippen LogP contribution in [-0.4, -0.2) is 4.57 Å². The first-order valence-corrected chi connectivity index (χ1v) is 6.50. The van der Waals surface area contributed by atoms with Crippen LogP contribution in [0.25, 0.3) is 16.8 Å². The first kappa shape index (κ1) is 13.9. The fourth-order valence-corrected chi connectivity index (χ4v) is 2.42. The normalized spacial score (nSPS) is 10.1. The van der Waals surface area contributed by atoms with Gasteiger partial charge in [-0.1, -0.05) is 24.8 Å². The first-order chi connectivity index (χ1) is 9.45. The third kappa shape index (κ3) is 2.31. The largest absolute Gasteiger partial charge is 0.318 e. The highest BCUT2D eigenvalue weighted by atomic mass is 15.0. The third-order valence-corrected chi connectivity index (χ3v) is 3.45. The van der Waals surface area contributed by atoms with Crippen LogP contribution in [0.1, 0.15) is 29.4 Å². The van der Waals surface area contributed by atoms with Gasteiger partial charge in [0.15, 0.2) is 0 Å². The average molecular weight is 262 g/mol. The van der Waals surface area contributed by atoms with E-state index >= 15 is 0 Å². The molecular weight excluding hydrogens is 244 g/mol. The Labute approximate surface area is 120 Å². The van der Waals surface area contributed by atoms with Gasteiger partial charge in [-0.2, -0.15) is 5.26 Å². The van der Waals surface area contributed by atoms with Gasteiger partial charge in [-0.3, -0.25) is 0 Å². The van der Waals surface area contributed by atoms with E-state index in [1.807, 2.05) is 19.1 Å². The maximum absolute atomic E-state index is 9.05. The van der Waals surface area contributed by atoms with Crippen LogP contribution in [0.5, 0.6) is 0 Å². The Kier molecular flexibility index (Phi) is 3.63. The predicted molar refractivity (Wildman–Crippen MR) is 84.6 cm³/mol. The van der Waals surface area contributed by atoms with Crippen LogP contribution < -0.4 is 0 Å². The molecule has 0 aliphatic carbocycles. The smallest absolute Gasteiger partial charge is 0.0991 e. The number of benzene rings is 1. The molecule has 20 heavy (non-hydrogen) atoms. The fraction of sp³-hybridized carbons (Fsp3) is 0.167. The standard InChI is InChI=1S/C18H18N2/c1-12(2)18-10-16(8-9-17(18)13(3)11-19)20-14(4)6-7-15(20)5/h6-10H,1,3H2,2,4-5H3. The van der Waals surface area contributed by atoms with Crippen LogP contribution in [-0.2, 0) is 0 Å². The average Bonchev–Trinajstić information content (AvgIpc) is 2.76. The molecule has 0 saturated heterocycles. The van der Waals surface area contributed by atoms with E-state index in [4.69, 9.17) is 5.26 Å². The summed E-state index contributed by atoms with van der Waals surface area (Å²) in [6, 6.07) is 12.3. The Morgan fingerprint density at radius 2 is 1.65 bits per heavy atom. The molecule has 0 N–H and O–H groups in total. The van der Waals surface area contributed by atoms with E-state index in [0.29, 0.717) is 5.57 Å². The van der Waals surface area contributed by atoms with E-state index in [2.05, 4.69) is 55.8 Å². The zero-order valence-corrected chi connectivity index (χ0v) is 12.2. The molecule has 0 spiro atoms. The first-order valence-electron chi connectivity index (χ1n) is 6.50. The van der Waals surface area contributed by atoms with Gasteiger partial charge < -0.3 is 4.57 Å². The van der Waals surface area contributed by atoms with Gasteiger partial charge in [-0.05, 0) is 56.2 Å². The van der Waals surface area contributed by atoms with Crippen molar-refractivity contribution >= 4 is 11.1 Å². The monoisotopic (exact) mass is 262 g/mol. The van der Waals surface area contributed by atoms with Crippen molar-refractivity contribution in [1.29, 1.82) is 5.26 Å². The van der Waals surface area contributed by atoms with Crippen LogP contribution in [0.15, 0.2) is 43.5 Å². The topological polar surface area (TPSA) is 28.7 Å². The summed E-state index contributed by atoms with van der Waals surface area (Å²) in [5, 5.41) is 9.05. The summed E-state index contributed by atoms with van der Waals surface area (Å²) >= 11 is 0. The van der Waals surface area contributed by atoms with Crippen molar-refractivity contribution < 1.29 is 0 Å². The van der Waals surface area contributed by atoms with Gasteiger partial charge in [0.25, 0.3) is 0 Å². The Morgan fingerprint density at radius 3 is 2.15 bits per heavy atom. The van der Waals surface area contributed by atoms with E-state index in [-0.39, 0.29) is 0 Å². The van der Waals surface area contributed by atoms with E-state index < -0.39 is 0 Å². The van der Waals surface area contributed by atoms with Crippen molar-refractivity contribution in [3.05, 3.63) is 66.0 Å². The molecule has 2 heteroatoms. The SMILES string of the molecule is C=C(C)c1cc(-n2c(C)ccc2C)ccc1C(=C)C#N. The van der Waals surface area contributed by atoms with E-state index in [9.17, 15) is 0 Å². The Hall–Kier alpha value is -2.53. The van der Waals surface area contributed by atoms with Gasteiger partial charge in [0.2, 0.25) is 0 Å². The Bertz CT molecular complexity index is 720. The Balaban J connectivity index is 2.66. The van der Waals surface area contributed by atoms with E-state index in [1.54, 1.807) is 0 Å². The number of nitrogens with zero attached hydrogens (tertiary/aromatic N) is 2. The van der Waals surface area contributed by atoms with Crippen LogP contribution >= 0.6 is 0 Å². The second kappa shape index (κ2) is 5.22. The lowest BCUT2D eigenvalue weighted by Gasteiger charge is -2.14. The van der Waals surface area contributed by atoms with Crippen molar-refractivity contribution in [1.82, 2.24) is 4.57 Å². The molecule has 0 bridgehead atoms. The van der Waals surface area contributed by atoms with Crippen molar-refractivity contribution in [3.8, 4) is 11.8 Å². The molecule has 0 saturated carbocycles. The molecule has 2 aromatic rings. The highest BCUT2D eigenvalue weighted by Crippen LogP contribution is 2.27. The van der Waals surface area contributed by atoms with Crippen molar-refractivity contribution in [2.75, 3.05) is 0 Å². The molecule has 0 fully saturated rings. The van der Waals surface area contributed by atoms with Crippen LogP contribution in [0.4, 0.5) is 0 Å². The molecule has 2 nitrogen and oxygen atoms in total. The number of aryl methyl sites for hydroxylation is 2.